The first-order valence-electron chi connectivity index (χ1n) is 8.59. The molecule has 0 amide bonds. The summed E-state index contributed by atoms with van der Waals surface area (Å²) in [4.78, 5) is 18.1. The third-order valence-electron chi connectivity index (χ3n) is 4.49. The summed E-state index contributed by atoms with van der Waals surface area (Å²) >= 11 is 0. The zero-order valence-electron chi connectivity index (χ0n) is 14.7. The summed E-state index contributed by atoms with van der Waals surface area (Å²) in [5.41, 5.74) is 3.47. The molecule has 1 aliphatic rings. The molecule has 5 nitrogen and oxygen atoms in total. The molecule has 2 aromatic carbocycles. The van der Waals surface area contributed by atoms with Crippen molar-refractivity contribution in [2.24, 2.45) is 0 Å². The standard InChI is InChI=1S/C20H21N3O2/c1-12(2)19-22-17-15(8-9-16-18(17)25-11-10-21-16)20(24)23(19)14-6-4-13(3)5-7-14/h4-9,12,21H,10-11H2,1-3H3. The van der Waals surface area contributed by atoms with Gasteiger partial charge in [-0.3, -0.25) is 9.36 Å². The molecule has 0 bridgehead atoms. The third kappa shape index (κ3) is 2.56. The maximum atomic E-state index is 13.3. The fourth-order valence-corrected chi connectivity index (χ4v) is 3.20. The summed E-state index contributed by atoms with van der Waals surface area (Å²) in [7, 11) is 0. The SMILES string of the molecule is Cc1ccc(-n2c(C(C)C)nc3c4c(ccc3c2=O)NCCO4)cc1. The minimum absolute atomic E-state index is 0.0606. The number of ether oxygens (including phenoxy) is 1. The Morgan fingerprint density at radius 3 is 2.64 bits per heavy atom. The molecule has 2 heterocycles. The normalized spacial score (nSPS) is 13.4. The van der Waals surface area contributed by atoms with E-state index in [4.69, 9.17) is 9.72 Å². The van der Waals surface area contributed by atoms with E-state index in [9.17, 15) is 4.79 Å². The van der Waals surface area contributed by atoms with Gasteiger partial charge in [0.1, 0.15) is 17.9 Å². The van der Waals surface area contributed by atoms with Gasteiger partial charge in [-0.1, -0.05) is 31.5 Å². The number of benzene rings is 2. The lowest BCUT2D eigenvalue weighted by Crippen LogP contribution is -2.26. The minimum atomic E-state index is -0.0606. The van der Waals surface area contributed by atoms with Gasteiger partial charge in [0.25, 0.3) is 5.56 Å². The number of anilines is 1. The van der Waals surface area contributed by atoms with Crippen LogP contribution >= 0.6 is 0 Å². The second kappa shape index (κ2) is 5.92. The lowest BCUT2D eigenvalue weighted by atomic mass is 10.1. The van der Waals surface area contributed by atoms with Crippen LogP contribution in [0.25, 0.3) is 16.6 Å². The van der Waals surface area contributed by atoms with Crippen LogP contribution in [0.2, 0.25) is 0 Å². The van der Waals surface area contributed by atoms with Crippen molar-refractivity contribution in [3.63, 3.8) is 0 Å². The van der Waals surface area contributed by atoms with Gasteiger partial charge in [0.05, 0.1) is 16.8 Å². The number of hydrogen-bond donors (Lipinski definition) is 1. The number of aromatic nitrogens is 2. The lowest BCUT2D eigenvalue weighted by Gasteiger charge is -2.22. The summed E-state index contributed by atoms with van der Waals surface area (Å²) in [5, 5.41) is 3.88. The molecule has 1 N–H and O–H groups in total. The lowest BCUT2D eigenvalue weighted by molar-refractivity contribution is 0.326. The summed E-state index contributed by atoms with van der Waals surface area (Å²) in [5.74, 6) is 1.52. The molecule has 1 aliphatic heterocycles. The Kier molecular flexibility index (Phi) is 3.71. The van der Waals surface area contributed by atoms with Crippen LogP contribution in [-0.4, -0.2) is 22.7 Å². The monoisotopic (exact) mass is 335 g/mol. The number of rotatable bonds is 2. The molecule has 0 saturated heterocycles. The summed E-state index contributed by atoms with van der Waals surface area (Å²) in [6.45, 7) is 7.46. The Balaban J connectivity index is 2.06. The van der Waals surface area contributed by atoms with Crippen molar-refractivity contribution in [3.05, 3.63) is 58.1 Å². The molecule has 4 rings (SSSR count). The fraction of sp³-hybridized carbons (Fsp3) is 0.300. The van der Waals surface area contributed by atoms with Crippen LogP contribution in [0.15, 0.2) is 41.2 Å². The van der Waals surface area contributed by atoms with Crippen molar-refractivity contribution in [1.29, 1.82) is 0 Å². The zero-order chi connectivity index (χ0) is 17.6. The highest BCUT2D eigenvalue weighted by Gasteiger charge is 2.21. The number of nitrogens with zero attached hydrogens (tertiary/aromatic N) is 2. The molecule has 0 radical (unpaired) electrons. The topological polar surface area (TPSA) is 56.2 Å². The highest BCUT2D eigenvalue weighted by Crippen LogP contribution is 2.34. The molecule has 0 spiro atoms. The molecular formula is C20H21N3O2. The molecular weight excluding hydrogens is 314 g/mol. The molecule has 0 unspecified atom stereocenters. The van der Waals surface area contributed by atoms with Crippen molar-refractivity contribution >= 4 is 16.6 Å². The van der Waals surface area contributed by atoms with Gasteiger partial charge in [-0.2, -0.15) is 0 Å². The van der Waals surface area contributed by atoms with Gasteiger partial charge in [-0.05, 0) is 31.2 Å². The molecule has 0 saturated carbocycles. The Bertz CT molecular complexity index is 1000. The number of nitrogens with one attached hydrogen (secondary N) is 1. The van der Waals surface area contributed by atoms with Crippen molar-refractivity contribution in [2.45, 2.75) is 26.7 Å². The maximum Gasteiger partial charge on any atom is 0.266 e. The Labute approximate surface area is 146 Å². The van der Waals surface area contributed by atoms with Crippen LogP contribution in [0.3, 0.4) is 0 Å². The van der Waals surface area contributed by atoms with Crippen molar-refractivity contribution in [1.82, 2.24) is 9.55 Å². The predicted octanol–water partition coefficient (Wildman–Crippen LogP) is 3.62. The molecule has 5 heteroatoms. The maximum absolute atomic E-state index is 13.3. The van der Waals surface area contributed by atoms with Gasteiger partial charge in [0.15, 0.2) is 5.75 Å². The van der Waals surface area contributed by atoms with Crippen molar-refractivity contribution in [3.8, 4) is 11.4 Å². The van der Waals surface area contributed by atoms with E-state index < -0.39 is 0 Å². The molecule has 0 fully saturated rings. The quantitative estimate of drug-likeness (QED) is 0.777. The van der Waals surface area contributed by atoms with E-state index in [0.717, 1.165) is 29.3 Å². The Hall–Kier alpha value is -2.82. The van der Waals surface area contributed by atoms with Gasteiger partial charge in [-0.25, -0.2) is 4.98 Å². The minimum Gasteiger partial charge on any atom is -0.487 e. The average Bonchev–Trinajstić information content (AvgIpc) is 2.62. The van der Waals surface area contributed by atoms with E-state index in [1.807, 2.05) is 57.2 Å². The van der Waals surface area contributed by atoms with E-state index >= 15 is 0 Å². The van der Waals surface area contributed by atoms with Crippen molar-refractivity contribution in [2.75, 3.05) is 18.5 Å². The summed E-state index contributed by atoms with van der Waals surface area (Å²) in [6, 6.07) is 11.7. The first-order valence-corrected chi connectivity index (χ1v) is 8.59. The number of fused-ring (bicyclic) bond motifs is 3. The second-order valence-electron chi connectivity index (χ2n) is 6.71. The largest absolute Gasteiger partial charge is 0.487 e. The van der Waals surface area contributed by atoms with Gasteiger partial charge in [0.2, 0.25) is 0 Å². The Morgan fingerprint density at radius 2 is 1.92 bits per heavy atom. The van der Waals surface area contributed by atoms with Crippen LogP contribution in [-0.2, 0) is 0 Å². The second-order valence-corrected chi connectivity index (χ2v) is 6.71. The first-order chi connectivity index (χ1) is 12.1. The van der Waals surface area contributed by atoms with Crippen LogP contribution < -0.4 is 15.6 Å². The van der Waals surface area contributed by atoms with Crippen molar-refractivity contribution < 1.29 is 4.74 Å². The molecule has 25 heavy (non-hydrogen) atoms. The molecule has 0 atom stereocenters. The van der Waals surface area contributed by atoms with E-state index in [2.05, 4.69) is 5.32 Å². The number of aryl methyl sites for hydroxylation is 1. The zero-order valence-corrected chi connectivity index (χ0v) is 14.7. The van der Waals surface area contributed by atoms with Crippen LogP contribution in [0.1, 0.15) is 31.2 Å². The predicted molar refractivity (Wildman–Crippen MR) is 100 cm³/mol. The number of hydrogen-bond acceptors (Lipinski definition) is 4. The van der Waals surface area contributed by atoms with Gasteiger partial charge in [-0.15, -0.1) is 0 Å². The van der Waals surface area contributed by atoms with Gasteiger partial charge >= 0.3 is 0 Å². The van der Waals surface area contributed by atoms with E-state index in [1.54, 1.807) is 4.57 Å². The Morgan fingerprint density at radius 1 is 1.16 bits per heavy atom. The van der Waals surface area contributed by atoms with Crippen LogP contribution in [0.5, 0.6) is 5.75 Å². The fourth-order valence-electron chi connectivity index (χ4n) is 3.20. The van der Waals surface area contributed by atoms with E-state index in [-0.39, 0.29) is 11.5 Å². The van der Waals surface area contributed by atoms with Gasteiger partial charge < -0.3 is 10.1 Å². The molecule has 128 valence electrons. The first kappa shape index (κ1) is 15.7. The van der Waals surface area contributed by atoms with E-state index in [1.165, 1.54) is 0 Å². The summed E-state index contributed by atoms with van der Waals surface area (Å²) in [6.07, 6.45) is 0. The smallest absolute Gasteiger partial charge is 0.266 e. The molecule has 1 aromatic heterocycles. The van der Waals surface area contributed by atoms with Crippen LogP contribution in [0, 0.1) is 6.92 Å². The third-order valence-corrected chi connectivity index (χ3v) is 4.49. The summed E-state index contributed by atoms with van der Waals surface area (Å²) < 4.78 is 7.53. The highest BCUT2D eigenvalue weighted by molar-refractivity contribution is 5.90. The molecule has 3 aromatic rings. The van der Waals surface area contributed by atoms with Crippen LogP contribution in [0.4, 0.5) is 5.69 Å². The average molecular weight is 335 g/mol. The molecule has 0 aliphatic carbocycles. The van der Waals surface area contributed by atoms with Gasteiger partial charge in [0, 0.05) is 12.5 Å². The van der Waals surface area contributed by atoms with E-state index in [0.29, 0.717) is 23.3 Å². The highest BCUT2D eigenvalue weighted by atomic mass is 16.5.